The second-order valence-corrected chi connectivity index (χ2v) is 8.76. The molecule has 0 saturated heterocycles. The number of carbonyl (C=O) groups is 2. The fraction of sp³-hybridized carbons (Fsp3) is 0.444. The van der Waals surface area contributed by atoms with Crippen molar-refractivity contribution in [2.24, 2.45) is 0 Å². The van der Waals surface area contributed by atoms with Crippen LogP contribution in [0, 0.1) is 5.41 Å². The highest BCUT2D eigenvalue weighted by Gasteiger charge is 2.21. The van der Waals surface area contributed by atoms with E-state index in [1.807, 2.05) is 56.9 Å². The number of ether oxygens (including phenoxy) is 2. The van der Waals surface area contributed by atoms with Crippen LogP contribution in [0.2, 0.25) is 0 Å². The standard InChI is InChI=1S/C27H37N3O4/c1-19(2)30(20(3)4)27(32)23-11-15-25(16-12-23)34-18-8-6-7-17-33-24-13-9-22(10-14-24)26(28)29-21(5)31/h9-16,19-20H,6-8,17-18H2,1-5H3,(H2,28,29,31). The maximum atomic E-state index is 12.7. The minimum atomic E-state index is -0.263. The van der Waals surface area contributed by atoms with Crippen LogP contribution in [0.5, 0.6) is 11.5 Å². The third-order valence-electron chi connectivity index (χ3n) is 5.22. The lowest BCUT2D eigenvalue weighted by molar-refractivity contribution is -0.117. The number of nitrogens with one attached hydrogen (secondary N) is 2. The van der Waals surface area contributed by atoms with Crippen LogP contribution in [0.4, 0.5) is 0 Å². The molecule has 0 heterocycles. The molecule has 0 aliphatic rings. The predicted molar refractivity (Wildman–Crippen MR) is 135 cm³/mol. The van der Waals surface area contributed by atoms with Crippen molar-refractivity contribution in [2.45, 2.75) is 66.0 Å². The second-order valence-electron chi connectivity index (χ2n) is 8.76. The summed E-state index contributed by atoms with van der Waals surface area (Å²) in [6.45, 7) is 10.7. The van der Waals surface area contributed by atoms with Gasteiger partial charge in [0, 0.05) is 30.1 Å². The van der Waals surface area contributed by atoms with Gasteiger partial charge in [-0.2, -0.15) is 0 Å². The average molecular weight is 468 g/mol. The van der Waals surface area contributed by atoms with Crippen LogP contribution in [0.3, 0.4) is 0 Å². The van der Waals surface area contributed by atoms with Crippen molar-refractivity contribution in [3.63, 3.8) is 0 Å². The van der Waals surface area contributed by atoms with Crippen LogP contribution in [-0.2, 0) is 4.79 Å². The van der Waals surface area contributed by atoms with Gasteiger partial charge in [-0.15, -0.1) is 0 Å². The summed E-state index contributed by atoms with van der Waals surface area (Å²) >= 11 is 0. The zero-order valence-corrected chi connectivity index (χ0v) is 20.9. The quantitative estimate of drug-likeness (QED) is 0.260. The first-order valence-electron chi connectivity index (χ1n) is 11.8. The third-order valence-corrected chi connectivity index (χ3v) is 5.22. The SMILES string of the molecule is CC(=O)NC(=N)c1ccc(OCCCCCOc2ccc(C(=O)N(C(C)C)C(C)C)cc2)cc1. The molecule has 0 atom stereocenters. The lowest BCUT2D eigenvalue weighted by atomic mass is 10.1. The summed E-state index contributed by atoms with van der Waals surface area (Å²) in [6, 6.07) is 14.8. The molecule has 2 N–H and O–H groups in total. The van der Waals surface area contributed by atoms with Crippen molar-refractivity contribution in [2.75, 3.05) is 13.2 Å². The Bertz CT molecular complexity index is 929. The van der Waals surface area contributed by atoms with E-state index in [9.17, 15) is 9.59 Å². The molecule has 2 aromatic carbocycles. The summed E-state index contributed by atoms with van der Waals surface area (Å²) in [5.74, 6) is 1.35. The van der Waals surface area contributed by atoms with Gasteiger partial charge in [0.05, 0.1) is 13.2 Å². The molecular formula is C27H37N3O4. The van der Waals surface area contributed by atoms with Crippen LogP contribution in [0.25, 0.3) is 0 Å². The molecule has 0 aromatic heterocycles. The molecule has 0 aliphatic heterocycles. The number of hydrogen-bond acceptors (Lipinski definition) is 5. The smallest absolute Gasteiger partial charge is 0.254 e. The molecule has 0 radical (unpaired) electrons. The summed E-state index contributed by atoms with van der Waals surface area (Å²) in [4.78, 5) is 25.6. The van der Waals surface area contributed by atoms with Crippen molar-refractivity contribution < 1.29 is 19.1 Å². The number of rotatable bonds is 12. The summed E-state index contributed by atoms with van der Waals surface area (Å²) in [6.07, 6.45) is 2.78. The van der Waals surface area contributed by atoms with E-state index >= 15 is 0 Å². The first-order chi connectivity index (χ1) is 16.2. The van der Waals surface area contributed by atoms with Crippen LogP contribution in [0.15, 0.2) is 48.5 Å². The van der Waals surface area contributed by atoms with Gasteiger partial charge in [-0.1, -0.05) is 0 Å². The van der Waals surface area contributed by atoms with E-state index in [0.717, 1.165) is 30.8 Å². The lowest BCUT2D eigenvalue weighted by Crippen LogP contribution is -2.42. The van der Waals surface area contributed by atoms with E-state index in [4.69, 9.17) is 14.9 Å². The molecule has 0 bridgehead atoms. The van der Waals surface area contributed by atoms with E-state index in [1.165, 1.54) is 6.92 Å². The summed E-state index contributed by atoms with van der Waals surface area (Å²) < 4.78 is 11.5. The van der Waals surface area contributed by atoms with E-state index in [-0.39, 0.29) is 29.7 Å². The minimum absolute atomic E-state index is 0.0391. The molecule has 7 nitrogen and oxygen atoms in total. The van der Waals surface area contributed by atoms with E-state index in [1.54, 1.807) is 24.3 Å². The maximum absolute atomic E-state index is 12.7. The lowest BCUT2D eigenvalue weighted by Gasteiger charge is -2.30. The fourth-order valence-electron chi connectivity index (χ4n) is 3.64. The van der Waals surface area contributed by atoms with Gasteiger partial charge in [-0.05, 0) is 95.5 Å². The third kappa shape index (κ3) is 8.54. The van der Waals surface area contributed by atoms with Gasteiger partial charge in [0.25, 0.3) is 5.91 Å². The molecule has 0 saturated carbocycles. The van der Waals surface area contributed by atoms with Crippen molar-refractivity contribution in [1.29, 1.82) is 5.41 Å². The summed E-state index contributed by atoms with van der Waals surface area (Å²) in [5, 5.41) is 10.3. The van der Waals surface area contributed by atoms with Gasteiger partial charge in [-0.3, -0.25) is 15.0 Å². The average Bonchev–Trinajstić information content (AvgIpc) is 2.78. The van der Waals surface area contributed by atoms with Gasteiger partial charge in [-0.25, -0.2) is 0 Å². The van der Waals surface area contributed by atoms with Crippen LogP contribution >= 0.6 is 0 Å². The van der Waals surface area contributed by atoms with Crippen LogP contribution < -0.4 is 14.8 Å². The number of carbonyl (C=O) groups excluding carboxylic acids is 2. The Balaban J connectivity index is 1.65. The van der Waals surface area contributed by atoms with E-state index in [2.05, 4.69) is 5.32 Å². The van der Waals surface area contributed by atoms with Crippen molar-refractivity contribution in [3.8, 4) is 11.5 Å². The zero-order valence-electron chi connectivity index (χ0n) is 20.9. The van der Waals surface area contributed by atoms with Gasteiger partial charge < -0.3 is 19.7 Å². The van der Waals surface area contributed by atoms with Crippen molar-refractivity contribution in [1.82, 2.24) is 10.2 Å². The van der Waals surface area contributed by atoms with Crippen LogP contribution in [0.1, 0.15) is 69.8 Å². The van der Waals surface area contributed by atoms with Crippen molar-refractivity contribution >= 4 is 17.6 Å². The van der Waals surface area contributed by atoms with E-state index in [0.29, 0.717) is 24.3 Å². The van der Waals surface area contributed by atoms with Gasteiger partial charge in [0.15, 0.2) is 0 Å². The molecule has 0 spiro atoms. The first-order valence-corrected chi connectivity index (χ1v) is 11.8. The zero-order chi connectivity index (χ0) is 25.1. The first kappa shape index (κ1) is 26.9. The van der Waals surface area contributed by atoms with E-state index < -0.39 is 0 Å². The largest absolute Gasteiger partial charge is 0.494 e. The summed E-state index contributed by atoms with van der Waals surface area (Å²) in [5.41, 5.74) is 1.31. The molecule has 0 fully saturated rings. The number of amidine groups is 1. The number of unbranched alkanes of at least 4 members (excludes halogenated alkanes) is 2. The number of hydrogen-bond donors (Lipinski definition) is 2. The Morgan fingerprint density at radius 3 is 1.65 bits per heavy atom. The Kier molecular flexibility index (Phi) is 10.6. The molecule has 7 heteroatoms. The molecular weight excluding hydrogens is 430 g/mol. The maximum Gasteiger partial charge on any atom is 0.254 e. The molecule has 2 amide bonds. The molecule has 34 heavy (non-hydrogen) atoms. The second kappa shape index (κ2) is 13.4. The highest BCUT2D eigenvalue weighted by molar-refractivity contribution is 6.05. The normalized spacial score (nSPS) is 10.8. The number of benzene rings is 2. The Labute approximate surface area is 203 Å². The highest BCUT2D eigenvalue weighted by Crippen LogP contribution is 2.17. The Hall–Kier alpha value is -3.35. The monoisotopic (exact) mass is 467 g/mol. The summed E-state index contributed by atoms with van der Waals surface area (Å²) in [7, 11) is 0. The Morgan fingerprint density at radius 2 is 1.24 bits per heavy atom. The van der Waals surface area contributed by atoms with Gasteiger partial charge in [0.1, 0.15) is 17.3 Å². The molecule has 0 unspecified atom stereocenters. The molecule has 0 aliphatic carbocycles. The van der Waals surface area contributed by atoms with Crippen LogP contribution in [-0.4, -0.2) is 47.8 Å². The van der Waals surface area contributed by atoms with Gasteiger partial charge in [0.2, 0.25) is 5.91 Å². The fourth-order valence-corrected chi connectivity index (χ4v) is 3.64. The number of amides is 2. The predicted octanol–water partition coefficient (Wildman–Crippen LogP) is 5.04. The minimum Gasteiger partial charge on any atom is -0.494 e. The van der Waals surface area contributed by atoms with Gasteiger partial charge >= 0.3 is 0 Å². The Morgan fingerprint density at radius 1 is 0.794 bits per heavy atom. The number of nitrogens with zero attached hydrogens (tertiary/aromatic N) is 1. The molecule has 184 valence electrons. The molecule has 2 rings (SSSR count). The highest BCUT2D eigenvalue weighted by atomic mass is 16.5. The van der Waals surface area contributed by atoms with Crippen molar-refractivity contribution in [3.05, 3.63) is 59.7 Å². The molecule has 2 aromatic rings. The topological polar surface area (TPSA) is 91.7 Å².